The van der Waals surface area contributed by atoms with Gasteiger partial charge >= 0.3 is 0 Å². The van der Waals surface area contributed by atoms with Gasteiger partial charge in [-0.3, -0.25) is 0 Å². The van der Waals surface area contributed by atoms with Gasteiger partial charge in [0.15, 0.2) is 12.2 Å². The summed E-state index contributed by atoms with van der Waals surface area (Å²) in [7, 11) is 0. The van der Waals surface area contributed by atoms with Crippen molar-refractivity contribution >= 4 is 0 Å². The molecule has 0 saturated carbocycles. The van der Waals surface area contributed by atoms with E-state index in [0.717, 1.165) is 0 Å². The molecule has 1 heterocycles. The molecule has 0 amide bonds. The second-order valence-electron chi connectivity index (χ2n) is 1.17. The van der Waals surface area contributed by atoms with Gasteiger partial charge in [0, 0.05) is 0 Å². The number of nitrogens with zero attached hydrogens (tertiary/aromatic N) is 4. The Morgan fingerprint density at radius 2 is 2.00 bits per heavy atom. The molecule has 0 aliphatic heterocycles. The molecule has 5 heteroatoms. The first kappa shape index (κ1) is 5.04. The highest BCUT2D eigenvalue weighted by molar-refractivity contribution is 4.71. The molecule has 8 heavy (non-hydrogen) atoms. The molecule has 42 valence electrons. The van der Waals surface area contributed by atoms with Crippen molar-refractivity contribution < 1.29 is 0 Å². The Hall–Kier alpha value is -1.10. The molecule has 0 aromatic carbocycles. The quantitative estimate of drug-likeness (QED) is 0.488. The first-order valence-electron chi connectivity index (χ1n) is 2.13. The van der Waals surface area contributed by atoms with Crippen LogP contribution in [0.15, 0.2) is 6.33 Å². The highest BCUT2D eigenvalue weighted by Crippen LogP contribution is 1.73. The molecular weight excluding hydrogens is 106 g/mol. The monoisotopic (exact) mass is 111 g/mol. The van der Waals surface area contributed by atoms with Crippen molar-refractivity contribution in [1.82, 2.24) is 20.4 Å². The number of hydrogen-bond acceptors (Lipinski definition) is 5. The Balaban J connectivity index is 2.83. The minimum Gasteiger partial charge on any atom is -0.324 e. The fourth-order valence-corrected chi connectivity index (χ4v) is 0.310. The summed E-state index contributed by atoms with van der Waals surface area (Å²) >= 11 is 0. The predicted octanol–water partition coefficient (Wildman–Crippen LogP) is -1.27. The fraction of sp³-hybridized carbons (Fsp3) is 0.333. The summed E-state index contributed by atoms with van der Waals surface area (Å²) in [6.45, 7) is 0.292. The van der Waals surface area contributed by atoms with Gasteiger partial charge in [0.2, 0.25) is 0 Å². The van der Waals surface area contributed by atoms with Crippen LogP contribution in [0.1, 0.15) is 5.82 Å². The van der Waals surface area contributed by atoms with Crippen LogP contribution in [0.2, 0.25) is 0 Å². The average Bonchev–Trinajstić information content (AvgIpc) is 1.90. The van der Waals surface area contributed by atoms with Crippen molar-refractivity contribution in [2.75, 3.05) is 0 Å². The highest BCUT2D eigenvalue weighted by atomic mass is 15.3. The van der Waals surface area contributed by atoms with Crippen LogP contribution in [0, 0.1) is 0 Å². The second kappa shape index (κ2) is 2.27. The fourth-order valence-electron chi connectivity index (χ4n) is 0.310. The number of rotatable bonds is 1. The van der Waals surface area contributed by atoms with Crippen molar-refractivity contribution in [2.24, 2.45) is 5.73 Å². The second-order valence-corrected chi connectivity index (χ2v) is 1.17. The van der Waals surface area contributed by atoms with E-state index in [4.69, 9.17) is 5.73 Å². The van der Waals surface area contributed by atoms with Crippen molar-refractivity contribution in [2.45, 2.75) is 6.54 Å². The van der Waals surface area contributed by atoms with Gasteiger partial charge in [0.05, 0.1) is 6.54 Å². The van der Waals surface area contributed by atoms with Crippen LogP contribution >= 0.6 is 0 Å². The summed E-state index contributed by atoms with van der Waals surface area (Å²) in [5.74, 6) is 0.465. The van der Waals surface area contributed by atoms with Crippen molar-refractivity contribution in [3.05, 3.63) is 12.2 Å². The predicted molar refractivity (Wildman–Crippen MR) is 25.5 cm³/mol. The largest absolute Gasteiger partial charge is 0.324 e. The molecule has 0 radical (unpaired) electrons. The van der Waals surface area contributed by atoms with E-state index in [0.29, 0.717) is 12.4 Å². The lowest BCUT2D eigenvalue weighted by molar-refractivity contribution is 0.756. The smallest absolute Gasteiger partial charge is 0.186 e. The van der Waals surface area contributed by atoms with E-state index < -0.39 is 0 Å². The molecule has 2 N–H and O–H groups in total. The van der Waals surface area contributed by atoms with Gasteiger partial charge in [-0.1, -0.05) is 0 Å². The minimum absolute atomic E-state index is 0.292. The molecule has 1 aromatic rings. The Labute approximate surface area is 46.0 Å². The zero-order valence-corrected chi connectivity index (χ0v) is 4.15. The van der Waals surface area contributed by atoms with E-state index >= 15 is 0 Å². The summed E-state index contributed by atoms with van der Waals surface area (Å²) in [4.78, 5) is 0. The SMILES string of the molecule is NCc1nncnn1. The van der Waals surface area contributed by atoms with Crippen LogP contribution < -0.4 is 5.73 Å². The maximum atomic E-state index is 5.14. The third-order valence-corrected chi connectivity index (χ3v) is 0.632. The molecule has 5 nitrogen and oxygen atoms in total. The molecule has 0 atom stereocenters. The maximum absolute atomic E-state index is 5.14. The van der Waals surface area contributed by atoms with E-state index in [2.05, 4.69) is 20.4 Å². The number of nitrogens with two attached hydrogens (primary N) is 1. The van der Waals surface area contributed by atoms with E-state index in [1.165, 1.54) is 6.33 Å². The van der Waals surface area contributed by atoms with Crippen LogP contribution in [0.5, 0.6) is 0 Å². The van der Waals surface area contributed by atoms with Gasteiger partial charge in [-0.25, -0.2) is 0 Å². The van der Waals surface area contributed by atoms with Gasteiger partial charge in [0.25, 0.3) is 0 Å². The van der Waals surface area contributed by atoms with Gasteiger partial charge in [-0.05, 0) is 0 Å². The normalized spacial score (nSPS) is 9.12. The molecule has 0 saturated heterocycles. The third-order valence-electron chi connectivity index (χ3n) is 0.632. The molecule has 0 fully saturated rings. The molecule has 0 aliphatic carbocycles. The molecule has 0 bridgehead atoms. The van der Waals surface area contributed by atoms with Crippen LogP contribution in [0.4, 0.5) is 0 Å². The van der Waals surface area contributed by atoms with Crippen LogP contribution in [-0.2, 0) is 6.54 Å². The first-order chi connectivity index (χ1) is 3.93. The van der Waals surface area contributed by atoms with E-state index in [1.807, 2.05) is 0 Å². The molecular formula is C3H5N5. The van der Waals surface area contributed by atoms with Gasteiger partial charge < -0.3 is 5.73 Å². The third kappa shape index (κ3) is 0.941. The van der Waals surface area contributed by atoms with Gasteiger partial charge in [-0.2, -0.15) is 0 Å². The molecule has 1 rings (SSSR count). The van der Waals surface area contributed by atoms with Gasteiger partial charge in [0.1, 0.15) is 0 Å². The van der Waals surface area contributed by atoms with Gasteiger partial charge in [-0.15, -0.1) is 20.4 Å². The van der Waals surface area contributed by atoms with Crippen molar-refractivity contribution in [3.8, 4) is 0 Å². The first-order valence-corrected chi connectivity index (χ1v) is 2.13. The lowest BCUT2D eigenvalue weighted by Gasteiger charge is -1.85. The highest BCUT2D eigenvalue weighted by Gasteiger charge is 1.86. The Bertz CT molecular complexity index is 149. The zero-order chi connectivity index (χ0) is 5.82. The molecule has 0 aliphatic rings. The molecule has 0 unspecified atom stereocenters. The lowest BCUT2D eigenvalue weighted by Crippen LogP contribution is -2.04. The summed E-state index contributed by atoms with van der Waals surface area (Å²) in [5.41, 5.74) is 5.14. The van der Waals surface area contributed by atoms with Crippen molar-refractivity contribution in [1.29, 1.82) is 0 Å². The Kier molecular flexibility index (Phi) is 1.43. The topological polar surface area (TPSA) is 77.6 Å². The molecule has 0 spiro atoms. The number of hydrogen-bond donors (Lipinski definition) is 1. The Morgan fingerprint density at radius 1 is 1.38 bits per heavy atom. The van der Waals surface area contributed by atoms with Crippen molar-refractivity contribution in [3.63, 3.8) is 0 Å². The summed E-state index contributed by atoms with van der Waals surface area (Å²) in [5, 5.41) is 14.0. The zero-order valence-electron chi connectivity index (χ0n) is 4.15. The minimum atomic E-state index is 0.292. The molecule has 1 aromatic heterocycles. The Morgan fingerprint density at radius 3 is 2.38 bits per heavy atom. The van der Waals surface area contributed by atoms with E-state index in [-0.39, 0.29) is 0 Å². The van der Waals surface area contributed by atoms with E-state index in [9.17, 15) is 0 Å². The van der Waals surface area contributed by atoms with E-state index in [1.54, 1.807) is 0 Å². The standard InChI is InChI=1S/C3H5N5/c4-1-3-7-5-2-6-8-3/h2H,1,4H2. The van der Waals surface area contributed by atoms with Crippen LogP contribution in [0.3, 0.4) is 0 Å². The summed E-state index contributed by atoms with van der Waals surface area (Å²) in [6, 6.07) is 0. The van der Waals surface area contributed by atoms with Crippen LogP contribution in [0.25, 0.3) is 0 Å². The lowest BCUT2D eigenvalue weighted by atomic mass is 10.6. The summed E-state index contributed by atoms with van der Waals surface area (Å²) in [6.07, 6.45) is 1.26. The number of aromatic nitrogens is 4. The van der Waals surface area contributed by atoms with Crippen LogP contribution in [-0.4, -0.2) is 20.4 Å². The maximum Gasteiger partial charge on any atom is 0.186 e. The summed E-state index contributed by atoms with van der Waals surface area (Å²) < 4.78 is 0. The average molecular weight is 111 g/mol.